The number of carboxylic acids is 1. The van der Waals surface area contributed by atoms with Crippen molar-refractivity contribution in [1.29, 1.82) is 0 Å². The van der Waals surface area contributed by atoms with Gasteiger partial charge in [0, 0.05) is 17.3 Å². The molecule has 0 unspecified atom stereocenters. The number of amides is 1. The van der Waals surface area contributed by atoms with Gasteiger partial charge in [0.05, 0.1) is 18.5 Å². The van der Waals surface area contributed by atoms with Crippen LogP contribution in [0.1, 0.15) is 20.9 Å². The summed E-state index contributed by atoms with van der Waals surface area (Å²) in [6.07, 6.45) is 2.01. The maximum Gasteiger partial charge on any atom is 0.335 e. The van der Waals surface area contributed by atoms with E-state index in [0.29, 0.717) is 18.7 Å². The minimum atomic E-state index is -0.989. The topological polar surface area (TPSA) is 70.5 Å². The van der Waals surface area contributed by atoms with Crippen molar-refractivity contribution in [2.75, 3.05) is 4.90 Å². The van der Waals surface area contributed by atoms with Crippen LogP contribution in [0.5, 0.6) is 0 Å². The summed E-state index contributed by atoms with van der Waals surface area (Å²) in [4.78, 5) is 28.7. The molecule has 2 aromatic rings. The van der Waals surface area contributed by atoms with Gasteiger partial charge in [-0.15, -0.1) is 11.3 Å². The quantitative estimate of drug-likeness (QED) is 0.928. The Bertz CT molecular complexity index is 652. The average Bonchev–Trinajstić information content (AvgIpc) is 2.98. The first-order valence-corrected chi connectivity index (χ1v) is 6.58. The summed E-state index contributed by atoms with van der Waals surface area (Å²) in [5, 5.41) is 11.7. The second kappa shape index (κ2) is 4.47. The molecule has 0 spiro atoms. The van der Waals surface area contributed by atoms with Gasteiger partial charge in [-0.1, -0.05) is 6.07 Å². The van der Waals surface area contributed by atoms with Gasteiger partial charge in [-0.05, 0) is 17.7 Å². The highest BCUT2D eigenvalue weighted by Crippen LogP contribution is 2.31. The number of rotatable bonds is 3. The number of aromatic carboxylic acids is 1. The third-order valence-electron chi connectivity index (χ3n) is 3.04. The van der Waals surface area contributed by atoms with Crippen LogP contribution in [0.2, 0.25) is 0 Å². The average molecular weight is 274 g/mol. The lowest BCUT2D eigenvalue weighted by molar-refractivity contribution is -0.117. The number of thiazole rings is 1. The smallest absolute Gasteiger partial charge is 0.335 e. The highest BCUT2D eigenvalue weighted by Gasteiger charge is 2.28. The van der Waals surface area contributed by atoms with Gasteiger partial charge in [0.1, 0.15) is 5.01 Å². The minimum Gasteiger partial charge on any atom is -0.478 e. The fourth-order valence-corrected chi connectivity index (χ4v) is 2.73. The number of nitrogens with zero attached hydrogens (tertiary/aromatic N) is 2. The van der Waals surface area contributed by atoms with Gasteiger partial charge in [0.25, 0.3) is 0 Å². The maximum absolute atomic E-state index is 12.0. The van der Waals surface area contributed by atoms with E-state index in [2.05, 4.69) is 4.98 Å². The second-order valence-electron chi connectivity index (χ2n) is 4.23. The number of hydrogen-bond donors (Lipinski definition) is 1. The van der Waals surface area contributed by atoms with Crippen molar-refractivity contribution in [3.05, 3.63) is 45.9 Å². The van der Waals surface area contributed by atoms with Crippen LogP contribution < -0.4 is 4.90 Å². The third kappa shape index (κ3) is 2.10. The molecule has 1 aliphatic heterocycles. The molecular formula is C13H10N2O3S. The highest BCUT2D eigenvalue weighted by molar-refractivity contribution is 7.09. The lowest BCUT2D eigenvalue weighted by Gasteiger charge is -2.16. The van der Waals surface area contributed by atoms with Gasteiger partial charge in [-0.3, -0.25) is 4.79 Å². The Morgan fingerprint density at radius 3 is 3.00 bits per heavy atom. The molecule has 0 atom stereocenters. The van der Waals surface area contributed by atoms with E-state index in [1.807, 2.05) is 5.38 Å². The van der Waals surface area contributed by atoms with Crippen molar-refractivity contribution in [3.8, 4) is 0 Å². The zero-order valence-corrected chi connectivity index (χ0v) is 10.7. The largest absolute Gasteiger partial charge is 0.478 e. The lowest BCUT2D eigenvalue weighted by Crippen LogP contribution is -2.26. The van der Waals surface area contributed by atoms with Crippen LogP contribution in [0, 0.1) is 0 Å². The summed E-state index contributed by atoms with van der Waals surface area (Å²) in [5.74, 6) is -1.01. The van der Waals surface area contributed by atoms with E-state index in [1.165, 1.54) is 17.4 Å². The Kier molecular flexibility index (Phi) is 2.79. The monoisotopic (exact) mass is 274 g/mol. The zero-order valence-electron chi connectivity index (χ0n) is 9.87. The molecule has 1 aromatic carbocycles. The lowest BCUT2D eigenvalue weighted by atomic mass is 10.1. The standard InChI is InChI=1S/C13H10N2O3S/c16-12-6-8-1-2-9(13(17)18)5-10(8)15(12)7-11-14-3-4-19-11/h1-5H,6-7H2,(H,17,18). The zero-order chi connectivity index (χ0) is 13.4. The molecule has 6 heteroatoms. The molecule has 2 heterocycles. The molecule has 0 fully saturated rings. The van der Waals surface area contributed by atoms with Crippen LogP contribution in [-0.4, -0.2) is 22.0 Å². The first-order chi connectivity index (χ1) is 9.15. The van der Waals surface area contributed by atoms with E-state index in [9.17, 15) is 9.59 Å². The molecule has 19 heavy (non-hydrogen) atoms. The van der Waals surface area contributed by atoms with Gasteiger partial charge < -0.3 is 10.0 Å². The summed E-state index contributed by atoms with van der Waals surface area (Å²) in [6.45, 7) is 0.395. The molecule has 0 aliphatic carbocycles. The van der Waals surface area contributed by atoms with Crippen LogP contribution in [0.15, 0.2) is 29.8 Å². The molecular weight excluding hydrogens is 264 g/mol. The van der Waals surface area contributed by atoms with Crippen molar-refractivity contribution in [2.45, 2.75) is 13.0 Å². The van der Waals surface area contributed by atoms with Crippen molar-refractivity contribution in [1.82, 2.24) is 4.98 Å². The van der Waals surface area contributed by atoms with E-state index < -0.39 is 5.97 Å². The fourth-order valence-electron chi connectivity index (χ4n) is 2.13. The maximum atomic E-state index is 12.0. The van der Waals surface area contributed by atoms with Crippen LogP contribution in [0.3, 0.4) is 0 Å². The summed E-state index contributed by atoms with van der Waals surface area (Å²) < 4.78 is 0. The first kappa shape index (κ1) is 11.9. The number of fused-ring (bicyclic) bond motifs is 1. The number of carboxylic acid groups (broad SMARTS) is 1. The molecule has 1 amide bonds. The summed E-state index contributed by atoms with van der Waals surface area (Å²) in [7, 11) is 0. The molecule has 3 rings (SSSR count). The predicted octanol–water partition coefficient (Wildman–Crippen LogP) is 1.93. The van der Waals surface area contributed by atoms with Gasteiger partial charge >= 0.3 is 5.97 Å². The predicted molar refractivity (Wildman–Crippen MR) is 70.4 cm³/mol. The Labute approximate surface area is 113 Å². The molecule has 96 valence electrons. The van der Waals surface area contributed by atoms with E-state index in [-0.39, 0.29) is 11.5 Å². The number of anilines is 1. The van der Waals surface area contributed by atoms with Gasteiger partial charge in [-0.25, -0.2) is 9.78 Å². The normalized spacial score (nSPS) is 13.7. The summed E-state index contributed by atoms with van der Waals surface area (Å²) in [5.41, 5.74) is 1.74. The first-order valence-electron chi connectivity index (χ1n) is 5.70. The summed E-state index contributed by atoms with van der Waals surface area (Å²) >= 11 is 1.48. The summed E-state index contributed by atoms with van der Waals surface area (Å²) in [6, 6.07) is 4.79. The highest BCUT2D eigenvalue weighted by atomic mass is 32.1. The fraction of sp³-hybridized carbons (Fsp3) is 0.154. The van der Waals surface area contributed by atoms with Gasteiger partial charge in [0.2, 0.25) is 5.91 Å². The van der Waals surface area contributed by atoms with Crippen molar-refractivity contribution in [3.63, 3.8) is 0 Å². The molecule has 5 nitrogen and oxygen atoms in total. The van der Waals surface area contributed by atoms with E-state index in [4.69, 9.17) is 5.11 Å². The number of carbonyl (C=O) groups excluding carboxylic acids is 1. The third-order valence-corrected chi connectivity index (χ3v) is 3.81. The minimum absolute atomic E-state index is 0.0206. The molecule has 0 saturated carbocycles. The van der Waals surface area contributed by atoms with Crippen LogP contribution in [0.4, 0.5) is 5.69 Å². The molecule has 0 bridgehead atoms. The molecule has 1 aliphatic rings. The molecule has 1 aromatic heterocycles. The van der Waals surface area contributed by atoms with E-state index in [0.717, 1.165) is 10.6 Å². The van der Waals surface area contributed by atoms with E-state index in [1.54, 1.807) is 23.2 Å². The van der Waals surface area contributed by atoms with Crippen LogP contribution >= 0.6 is 11.3 Å². The number of aromatic nitrogens is 1. The Morgan fingerprint density at radius 2 is 2.32 bits per heavy atom. The molecule has 0 radical (unpaired) electrons. The Hall–Kier alpha value is -2.21. The Balaban J connectivity index is 1.97. The van der Waals surface area contributed by atoms with Crippen molar-refractivity contribution in [2.24, 2.45) is 0 Å². The SMILES string of the molecule is O=C(O)c1ccc2c(c1)N(Cc1nccs1)C(=O)C2. The molecule has 0 saturated heterocycles. The van der Waals surface area contributed by atoms with Crippen molar-refractivity contribution >= 4 is 28.9 Å². The van der Waals surface area contributed by atoms with E-state index >= 15 is 0 Å². The number of benzene rings is 1. The van der Waals surface area contributed by atoms with Crippen LogP contribution in [-0.2, 0) is 17.8 Å². The van der Waals surface area contributed by atoms with Crippen molar-refractivity contribution < 1.29 is 14.7 Å². The number of carbonyl (C=O) groups is 2. The Morgan fingerprint density at radius 1 is 1.47 bits per heavy atom. The second-order valence-corrected chi connectivity index (χ2v) is 5.21. The van der Waals surface area contributed by atoms with Gasteiger partial charge in [-0.2, -0.15) is 0 Å². The molecule has 1 N–H and O–H groups in total. The van der Waals surface area contributed by atoms with Crippen LogP contribution in [0.25, 0.3) is 0 Å². The number of hydrogen-bond acceptors (Lipinski definition) is 4. The van der Waals surface area contributed by atoms with Gasteiger partial charge in [0.15, 0.2) is 0 Å².